The van der Waals surface area contributed by atoms with Crippen LogP contribution < -0.4 is 4.89 Å². The minimum atomic E-state index is -4.64. The van der Waals surface area contributed by atoms with Crippen LogP contribution in [0.25, 0.3) is 0 Å². The van der Waals surface area contributed by atoms with Crippen molar-refractivity contribution in [3.05, 3.63) is 60.8 Å². The summed E-state index contributed by atoms with van der Waals surface area (Å²) in [6, 6.07) is 0. The zero-order valence-electron chi connectivity index (χ0n) is 39.1. The molecule has 0 amide bonds. The van der Waals surface area contributed by atoms with Gasteiger partial charge in [0.25, 0.3) is 7.82 Å². The van der Waals surface area contributed by atoms with Gasteiger partial charge in [0.05, 0.1) is 27.7 Å². The van der Waals surface area contributed by atoms with Gasteiger partial charge in [-0.25, -0.2) is 0 Å². The highest BCUT2D eigenvalue weighted by Crippen LogP contribution is 2.38. The first kappa shape index (κ1) is 57.7. The molecule has 0 saturated heterocycles. The molecule has 348 valence electrons. The van der Waals surface area contributed by atoms with Crippen LogP contribution in [0.1, 0.15) is 194 Å². The van der Waals surface area contributed by atoms with E-state index in [4.69, 9.17) is 18.5 Å². The Kier molecular flexibility index (Phi) is 40.4. The number of phosphoric ester groups is 1. The van der Waals surface area contributed by atoms with E-state index in [9.17, 15) is 19.0 Å². The topological polar surface area (TPSA) is 111 Å². The van der Waals surface area contributed by atoms with E-state index in [1.54, 1.807) is 0 Å². The highest BCUT2D eigenvalue weighted by atomic mass is 31.2. The molecular formula is C50H90NO8P. The smallest absolute Gasteiger partial charge is 0.306 e. The number of quaternary nitrogens is 1. The van der Waals surface area contributed by atoms with E-state index in [2.05, 4.69) is 44.2 Å². The molecule has 9 nitrogen and oxygen atoms in total. The first-order valence-corrected chi connectivity index (χ1v) is 25.5. The summed E-state index contributed by atoms with van der Waals surface area (Å²) in [6.07, 6.45) is 51.1. The highest BCUT2D eigenvalue weighted by molar-refractivity contribution is 7.45. The highest BCUT2D eigenvalue weighted by Gasteiger charge is 2.21. The number of hydrogen-bond donors (Lipinski definition) is 0. The molecule has 2 atom stereocenters. The summed E-state index contributed by atoms with van der Waals surface area (Å²) in [5, 5.41) is 0. The van der Waals surface area contributed by atoms with Crippen molar-refractivity contribution < 1.29 is 42.1 Å². The molecule has 0 aliphatic rings. The molecule has 0 saturated carbocycles. The molecule has 0 aliphatic heterocycles. The standard InChI is InChI=1S/C50H90NO8P/c1-6-8-10-12-14-16-18-20-22-23-24-25-26-27-29-30-32-34-36-38-40-42-49(52)56-46-48(47-58-60(54,55)57-45-44-51(3,4)5)59-50(53)43-41-39-37-35-33-31-28-21-19-17-15-13-11-9-7-2/h9,11,13,15,17,19-22,28,48H,6-8,10,12,14,16,18,23-27,29-47H2,1-5H3/b11-9+,15-13+,19-17+,22-20+,28-21+/t48-/m0/s1. The Morgan fingerprint density at radius 3 is 1.47 bits per heavy atom. The molecule has 0 radical (unpaired) electrons. The van der Waals surface area contributed by atoms with Gasteiger partial charge in [0, 0.05) is 12.8 Å². The molecule has 0 heterocycles. The minimum Gasteiger partial charge on any atom is -0.756 e. The Labute approximate surface area is 368 Å². The van der Waals surface area contributed by atoms with Crippen molar-refractivity contribution in [2.75, 3.05) is 47.5 Å². The van der Waals surface area contributed by atoms with Gasteiger partial charge >= 0.3 is 11.9 Å². The fraction of sp³-hybridized carbons (Fsp3) is 0.760. The Hall–Kier alpha value is -2.29. The third-order valence-corrected chi connectivity index (χ3v) is 11.1. The van der Waals surface area contributed by atoms with E-state index in [-0.39, 0.29) is 26.1 Å². The van der Waals surface area contributed by atoms with Crippen molar-refractivity contribution in [2.45, 2.75) is 200 Å². The van der Waals surface area contributed by atoms with Crippen LogP contribution in [-0.4, -0.2) is 70.0 Å². The summed E-state index contributed by atoms with van der Waals surface area (Å²) in [7, 11) is 1.14. The molecule has 0 aromatic heterocycles. The Bertz CT molecular complexity index is 1210. The van der Waals surface area contributed by atoms with Crippen molar-refractivity contribution in [1.82, 2.24) is 0 Å². The quantitative estimate of drug-likeness (QED) is 0.0149. The van der Waals surface area contributed by atoms with Crippen molar-refractivity contribution in [3.8, 4) is 0 Å². The maximum Gasteiger partial charge on any atom is 0.306 e. The molecule has 0 aromatic carbocycles. The van der Waals surface area contributed by atoms with Crippen molar-refractivity contribution in [2.24, 2.45) is 0 Å². The van der Waals surface area contributed by atoms with Crippen LogP contribution in [0.3, 0.4) is 0 Å². The van der Waals surface area contributed by atoms with Crippen LogP contribution in [-0.2, 0) is 32.7 Å². The number of esters is 2. The van der Waals surface area contributed by atoms with Crippen LogP contribution in [0.2, 0.25) is 0 Å². The number of hydrogen-bond acceptors (Lipinski definition) is 8. The van der Waals surface area contributed by atoms with Crippen molar-refractivity contribution in [3.63, 3.8) is 0 Å². The fourth-order valence-corrected chi connectivity index (χ4v) is 7.09. The van der Waals surface area contributed by atoms with Gasteiger partial charge in [0.15, 0.2) is 6.10 Å². The van der Waals surface area contributed by atoms with Gasteiger partial charge < -0.3 is 27.9 Å². The fourth-order valence-electron chi connectivity index (χ4n) is 6.37. The maximum atomic E-state index is 12.7. The summed E-state index contributed by atoms with van der Waals surface area (Å²) in [5.74, 6) is -0.863. The van der Waals surface area contributed by atoms with E-state index >= 15 is 0 Å². The van der Waals surface area contributed by atoms with E-state index in [1.807, 2.05) is 51.5 Å². The van der Waals surface area contributed by atoms with Crippen LogP contribution in [0.5, 0.6) is 0 Å². The zero-order chi connectivity index (χ0) is 44.3. The normalized spacial score (nSPS) is 14.0. The second-order valence-corrected chi connectivity index (χ2v) is 18.6. The monoisotopic (exact) mass is 864 g/mol. The number of rotatable bonds is 43. The lowest BCUT2D eigenvalue weighted by atomic mass is 10.0. The minimum absolute atomic E-state index is 0.0382. The lowest BCUT2D eigenvalue weighted by molar-refractivity contribution is -0.870. The summed E-state index contributed by atoms with van der Waals surface area (Å²) >= 11 is 0. The van der Waals surface area contributed by atoms with Gasteiger partial charge in [-0.2, -0.15) is 0 Å². The van der Waals surface area contributed by atoms with Gasteiger partial charge in [-0.3, -0.25) is 14.2 Å². The third-order valence-electron chi connectivity index (χ3n) is 10.1. The number of carbonyl (C=O) groups excluding carboxylic acids is 2. The third kappa shape index (κ3) is 45.2. The largest absolute Gasteiger partial charge is 0.756 e. The van der Waals surface area contributed by atoms with Gasteiger partial charge in [-0.15, -0.1) is 0 Å². The average Bonchev–Trinajstić information content (AvgIpc) is 3.20. The SMILES string of the molecule is CC/C=C/C=C/C=C/C=C/CCCCCCCC(=O)O[C@@H](COC(=O)CCCCCCCCCCCCC/C=C/CCCCCCCC)COP(=O)([O-])OCC[N+](C)(C)C. The van der Waals surface area contributed by atoms with E-state index in [0.29, 0.717) is 17.4 Å². The first-order chi connectivity index (χ1) is 29.0. The van der Waals surface area contributed by atoms with Crippen molar-refractivity contribution in [1.29, 1.82) is 0 Å². The molecule has 0 rings (SSSR count). The maximum absolute atomic E-state index is 12.7. The molecule has 60 heavy (non-hydrogen) atoms. The lowest BCUT2D eigenvalue weighted by Crippen LogP contribution is -2.37. The predicted molar refractivity (Wildman–Crippen MR) is 250 cm³/mol. The average molecular weight is 864 g/mol. The molecule has 0 N–H and O–H groups in total. The molecule has 0 bridgehead atoms. The van der Waals surface area contributed by atoms with Gasteiger partial charge in [-0.05, 0) is 57.8 Å². The summed E-state index contributed by atoms with van der Waals surface area (Å²) in [5.41, 5.74) is 0. The number of nitrogens with zero attached hydrogens (tertiary/aromatic N) is 1. The second kappa shape index (κ2) is 42.0. The van der Waals surface area contributed by atoms with Crippen LogP contribution in [0.4, 0.5) is 0 Å². The van der Waals surface area contributed by atoms with Gasteiger partial charge in [-0.1, -0.05) is 184 Å². The summed E-state index contributed by atoms with van der Waals surface area (Å²) in [4.78, 5) is 37.6. The number of phosphoric acid groups is 1. The van der Waals surface area contributed by atoms with Crippen LogP contribution in [0.15, 0.2) is 60.8 Å². The van der Waals surface area contributed by atoms with Gasteiger partial charge in [0.2, 0.25) is 0 Å². The number of carbonyl (C=O) groups is 2. The summed E-state index contributed by atoms with van der Waals surface area (Å²) in [6.45, 7) is 4.06. The molecule has 0 spiro atoms. The summed E-state index contributed by atoms with van der Waals surface area (Å²) < 4.78 is 33.9. The number of allylic oxidation sites excluding steroid dienone is 10. The lowest BCUT2D eigenvalue weighted by Gasteiger charge is -2.28. The molecule has 0 fully saturated rings. The number of unbranched alkanes of at least 4 members (excludes halogenated alkanes) is 22. The first-order valence-electron chi connectivity index (χ1n) is 24.0. The number of likely N-dealkylation sites (N-methyl/N-ethyl adjacent to an activating group) is 1. The van der Waals surface area contributed by atoms with Crippen molar-refractivity contribution >= 4 is 19.8 Å². The Morgan fingerprint density at radius 2 is 0.967 bits per heavy atom. The Morgan fingerprint density at radius 1 is 0.533 bits per heavy atom. The van der Waals surface area contributed by atoms with Crippen LogP contribution in [0, 0.1) is 0 Å². The molecule has 10 heteroatoms. The predicted octanol–water partition coefficient (Wildman–Crippen LogP) is 13.4. The molecule has 0 aromatic rings. The molecular weight excluding hydrogens is 774 g/mol. The number of ether oxygens (including phenoxy) is 2. The zero-order valence-corrected chi connectivity index (χ0v) is 40.0. The molecule has 0 aliphatic carbocycles. The van der Waals surface area contributed by atoms with Crippen LogP contribution >= 0.6 is 7.82 Å². The van der Waals surface area contributed by atoms with E-state index in [0.717, 1.165) is 57.8 Å². The van der Waals surface area contributed by atoms with Gasteiger partial charge in [0.1, 0.15) is 19.8 Å². The molecule has 1 unspecified atom stereocenters. The Balaban J connectivity index is 4.29. The van der Waals surface area contributed by atoms with E-state index < -0.39 is 32.5 Å². The van der Waals surface area contributed by atoms with E-state index in [1.165, 1.54) is 103 Å². The second-order valence-electron chi connectivity index (χ2n) is 17.2.